The summed E-state index contributed by atoms with van der Waals surface area (Å²) in [5.41, 5.74) is 0. The fourth-order valence-electron chi connectivity index (χ4n) is 4.48. The predicted octanol–water partition coefficient (Wildman–Crippen LogP) is -0.452. The van der Waals surface area contributed by atoms with Crippen molar-refractivity contribution in [3.05, 3.63) is 0 Å². The van der Waals surface area contributed by atoms with Gasteiger partial charge >= 0.3 is 0 Å². The third kappa shape index (κ3) is 9.11. The van der Waals surface area contributed by atoms with E-state index in [2.05, 4.69) is 6.92 Å². The van der Waals surface area contributed by atoms with E-state index in [1.807, 2.05) is 0 Å². The van der Waals surface area contributed by atoms with Gasteiger partial charge in [-0.2, -0.15) is 0 Å². The van der Waals surface area contributed by atoms with E-state index in [4.69, 9.17) is 18.9 Å². The summed E-state index contributed by atoms with van der Waals surface area (Å²) in [5.74, 6) is 0. The Morgan fingerprint density at radius 2 is 1.09 bits per heavy atom. The molecule has 0 spiro atoms. The number of aliphatic hydroxyl groups is 7. The van der Waals surface area contributed by atoms with Crippen molar-refractivity contribution in [1.82, 2.24) is 0 Å². The topological polar surface area (TPSA) is 179 Å². The molecule has 0 amide bonds. The molecule has 11 nitrogen and oxygen atoms in total. The van der Waals surface area contributed by atoms with Gasteiger partial charge in [0.15, 0.2) is 12.6 Å². The van der Waals surface area contributed by atoms with Crippen LogP contribution in [-0.4, -0.2) is 117 Å². The molecule has 2 heterocycles. The van der Waals surface area contributed by atoms with Crippen molar-refractivity contribution in [3.63, 3.8) is 0 Å². The molecular weight excluding hydrogens is 464 g/mol. The van der Waals surface area contributed by atoms with Gasteiger partial charge in [-0.1, -0.05) is 64.7 Å². The van der Waals surface area contributed by atoms with Crippen LogP contribution in [0, 0.1) is 0 Å². The van der Waals surface area contributed by atoms with Gasteiger partial charge in [-0.15, -0.1) is 0 Å². The van der Waals surface area contributed by atoms with Crippen LogP contribution in [0.4, 0.5) is 0 Å². The Morgan fingerprint density at radius 3 is 1.66 bits per heavy atom. The molecule has 0 radical (unpaired) electrons. The van der Waals surface area contributed by atoms with Crippen molar-refractivity contribution < 1.29 is 54.7 Å². The van der Waals surface area contributed by atoms with Crippen molar-refractivity contribution in [1.29, 1.82) is 0 Å². The van der Waals surface area contributed by atoms with Gasteiger partial charge in [0.2, 0.25) is 0 Å². The normalized spacial score (nSPS) is 38.1. The maximum absolute atomic E-state index is 10.6. The lowest BCUT2D eigenvalue weighted by atomic mass is 9.97. The lowest BCUT2D eigenvalue weighted by Crippen LogP contribution is -2.64. The summed E-state index contributed by atoms with van der Waals surface area (Å²) in [6, 6.07) is 0. The van der Waals surface area contributed by atoms with Gasteiger partial charge in [0.05, 0.1) is 13.2 Å². The standard InChI is InChI=1S/C24H46O11/c1-2-3-4-5-6-7-8-9-10-11-12-32-23-21(31)19(29)22(16(14-26)34-23)35-24-20(30)18(28)17(27)15(13-25)33-24/h15-31H,2-14H2,1H3/t15-,16-,17-,18+,19+,20-,21+,22+,23-,24-/m0/s1. The number of hydrogen-bond acceptors (Lipinski definition) is 11. The summed E-state index contributed by atoms with van der Waals surface area (Å²) < 4.78 is 22.0. The van der Waals surface area contributed by atoms with Crippen LogP contribution in [0.2, 0.25) is 0 Å². The quantitative estimate of drug-likeness (QED) is 0.134. The zero-order valence-electron chi connectivity index (χ0n) is 20.7. The highest BCUT2D eigenvalue weighted by Gasteiger charge is 2.50. The van der Waals surface area contributed by atoms with Crippen LogP contribution >= 0.6 is 0 Å². The second-order valence-corrected chi connectivity index (χ2v) is 9.56. The first-order chi connectivity index (χ1) is 16.8. The van der Waals surface area contributed by atoms with Gasteiger partial charge < -0.3 is 54.7 Å². The van der Waals surface area contributed by atoms with E-state index in [1.54, 1.807) is 0 Å². The van der Waals surface area contributed by atoms with E-state index in [1.165, 1.54) is 44.9 Å². The van der Waals surface area contributed by atoms with Gasteiger partial charge in [0.1, 0.15) is 48.8 Å². The van der Waals surface area contributed by atoms with Crippen molar-refractivity contribution in [2.75, 3.05) is 19.8 Å². The van der Waals surface area contributed by atoms with Gasteiger partial charge in [-0.25, -0.2) is 0 Å². The van der Waals surface area contributed by atoms with Gasteiger partial charge in [-0.3, -0.25) is 0 Å². The van der Waals surface area contributed by atoms with Crippen molar-refractivity contribution >= 4 is 0 Å². The Kier molecular flexibility index (Phi) is 14.4. The van der Waals surface area contributed by atoms with E-state index in [0.717, 1.165) is 19.3 Å². The molecule has 10 atom stereocenters. The second-order valence-electron chi connectivity index (χ2n) is 9.56. The SMILES string of the molecule is CCCCCCCCCCCCO[C@H]1O[C@@H](CO)[C@@H](O[C@@H]2O[C@@H](CO)[C@H](O)[C@@H](O)[C@@H]2O)[C@H](O)[C@H]1O. The maximum Gasteiger partial charge on any atom is 0.187 e. The van der Waals surface area contributed by atoms with Gasteiger partial charge in [0, 0.05) is 6.61 Å². The minimum atomic E-state index is -1.69. The smallest absolute Gasteiger partial charge is 0.187 e. The number of aliphatic hydroxyl groups excluding tert-OH is 7. The highest BCUT2D eigenvalue weighted by Crippen LogP contribution is 2.29. The average molecular weight is 511 g/mol. The van der Waals surface area contributed by atoms with E-state index in [-0.39, 0.29) is 0 Å². The molecule has 0 bridgehead atoms. The Bertz CT molecular complexity index is 550. The van der Waals surface area contributed by atoms with Crippen molar-refractivity contribution in [3.8, 4) is 0 Å². The molecule has 2 aliphatic rings. The zero-order chi connectivity index (χ0) is 25.8. The van der Waals surface area contributed by atoms with E-state index in [9.17, 15) is 35.7 Å². The minimum absolute atomic E-state index is 0.321. The third-order valence-electron chi connectivity index (χ3n) is 6.74. The second kappa shape index (κ2) is 16.4. The molecule has 208 valence electrons. The van der Waals surface area contributed by atoms with E-state index >= 15 is 0 Å². The van der Waals surface area contributed by atoms with Crippen LogP contribution in [0.1, 0.15) is 71.1 Å². The van der Waals surface area contributed by atoms with Crippen molar-refractivity contribution in [2.45, 2.75) is 133 Å². The summed E-state index contributed by atoms with van der Waals surface area (Å²) in [5, 5.41) is 70.1. The lowest BCUT2D eigenvalue weighted by Gasteiger charge is -2.45. The Morgan fingerprint density at radius 1 is 0.571 bits per heavy atom. The Labute approximate surface area is 207 Å². The number of ether oxygens (including phenoxy) is 4. The minimum Gasteiger partial charge on any atom is -0.394 e. The monoisotopic (exact) mass is 510 g/mol. The summed E-state index contributed by atoms with van der Waals surface area (Å²) in [4.78, 5) is 0. The highest BCUT2D eigenvalue weighted by molar-refractivity contribution is 4.94. The molecular formula is C24H46O11. The molecule has 0 saturated carbocycles. The van der Waals surface area contributed by atoms with Crippen LogP contribution < -0.4 is 0 Å². The summed E-state index contributed by atoms with van der Waals surface area (Å²) in [6.07, 6.45) is -2.63. The molecule has 2 rings (SSSR count). The maximum atomic E-state index is 10.6. The van der Waals surface area contributed by atoms with Crippen LogP contribution in [0.5, 0.6) is 0 Å². The third-order valence-corrected chi connectivity index (χ3v) is 6.74. The molecule has 7 N–H and O–H groups in total. The largest absolute Gasteiger partial charge is 0.394 e. The van der Waals surface area contributed by atoms with Crippen LogP contribution in [0.3, 0.4) is 0 Å². The first kappa shape index (κ1) is 30.8. The van der Waals surface area contributed by atoms with Crippen LogP contribution in [-0.2, 0) is 18.9 Å². The fourth-order valence-corrected chi connectivity index (χ4v) is 4.48. The lowest BCUT2D eigenvalue weighted by molar-refractivity contribution is -0.359. The average Bonchev–Trinajstić information content (AvgIpc) is 2.86. The molecule has 2 aliphatic heterocycles. The summed E-state index contributed by atoms with van der Waals surface area (Å²) >= 11 is 0. The highest BCUT2D eigenvalue weighted by atomic mass is 16.7. The van der Waals surface area contributed by atoms with E-state index < -0.39 is 74.6 Å². The molecule has 2 saturated heterocycles. The number of hydrogen-bond donors (Lipinski definition) is 7. The predicted molar refractivity (Wildman–Crippen MR) is 124 cm³/mol. The Balaban J connectivity index is 1.74. The number of rotatable bonds is 16. The number of unbranched alkanes of at least 4 members (excludes halogenated alkanes) is 9. The molecule has 11 heteroatoms. The zero-order valence-corrected chi connectivity index (χ0v) is 20.7. The molecule has 0 aromatic rings. The fraction of sp³-hybridized carbons (Fsp3) is 1.00. The molecule has 0 aromatic heterocycles. The van der Waals surface area contributed by atoms with Crippen molar-refractivity contribution in [2.24, 2.45) is 0 Å². The Hall–Kier alpha value is -0.440. The van der Waals surface area contributed by atoms with Gasteiger partial charge in [0.25, 0.3) is 0 Å². The molecule has 0 aromatic carbocycles. The van der Waals surface area contributed by atoms with Gasteiger partial charge in [-0.05, 0) is 6.42 Å². The molecule has 0 aliphatic carbocycles. The van der Waals surface area contributed by atoms with Crippen LogP contribution in [0.25, 0.3) is 0 Å². The molecule has 35 heavy (non-hydrogen) atoms. The van der Waals surface area contributed by atoms with E-state index in [0.29, 0.717) is 6.61 Å². The summed E-state index contributed by atoms with van der Waals surface area (Å²) in [6.45, 7) is 1.31. The molecule has 0 unspecified atom stereocenters. The first-order valence-corrected chi connectivity index (χ1v) is 13.1. The van der Waals surface area contributed by atoms with Crippen LogP contribution in [0.15, 0.2) is 0 Å². The summed E-state index contributed by atoms with van der Waals surface area (Å²) in [7, 11) is 0. The first-order valence-electron chi connectivity index (χ1n) is 13.1. The molecule has 2 fully saturated rings.